The van der Waals surface area contributed by atoms with Crippen LogP contribution in [0.4, 0.5) is 0 Å². The first-order valence-electron chi connectivity index (χ1n) is 11.7. The Kier molecular flexibility index (Phi) is 6.12. The zero-order chi connectivity index (χ0) is 23.7. The molecule has 0 aromatic carbocycles. The fourth-order valence-electron chi connectivity index (χ4n) is 4.38. The van der Waals surface area contributed by atoms with Crippen molar-refractivity contribution in [2.45, 2.75) is 64.1 Å². The highest BCUT2D eigenvalue weighted by Crippen LogP contribution is 2.39. The molecule has 0 spiro atoms. The van der Waals surface area contributed by atoms with Gasteiger partial charge in [0.05, 0.1) is 29.1 Å². The van der Waals surface area contributed by atoms with E-state index < -0.39 is 5.97 Å². The molecule has 0 saturated heterocycles. The third-order valence-electron chi connectivity index (χ3n) is 6.51. The summed E-state index contributed by atoms with van der Waals surface area (Å²) in [4.78, 5) is 24.6. The van der Waals surface area contributed by atoms with Crippen LogP contribution in [0, 0.1) is 12.8 Å². The van der Waals surface area contributed by atoms with Crippen LogP contribution in [0.1, 0.15) is 61.5 Å². The number of rotatable bonds is 8. The minimum absolute atomic E-state index is 0.116. The van der Waals surface area contributed by atoms with Gasteiger partial charge in [-0.1, -0.05) is 5.21 Å². The Labute approximate surface area is 197 Å². The van der Waals surface area contributed by atoms with E-state index in [-0.39, 0.29) is 18.6 Å². The minimum Gasteiger partial charge on any atom is -0.489 e. The fourth-order valence-corrected chi connectivity index (χ4v) is 4.38. The molecule has 10 nitrogen and oxygen atoms in total. The van der Waals surface area contributed by atoms with Crippen LogP contribution >= 0.6 is 0 Å². The lowest BCUT2D eigenvalue weighted by Gasteiger charge is -2.27. The molecule has 2 saturated carbocycles. The second kappa shape index (κ2) is 9.36. The molecule has 0 radical (unpaired) electrons. The van der Waals surface area contributed by atoms with Crippen molar-refractivity contribution >= 4 is 5.97 Å². The molecule has 2 aliphatic rings. The molecular formula is C24H28N6O4. The smallest absolute Gasteiger partial charge is 0.306 e. The minimum atomic E-state index is -0.748. The largest absolute Gasteiger partial charge is 0.489 e. The zero-order valence-electron chi connectivity index (χ0n) is 19.3. The second-order valence-corrected chi connectivity index (χ2v) is 9.07. The molecule has 2 aliphatic carbocycles. The van der Waals surface area contributed by atoms with E-state index in [9.17, 15) is 9.90 Å². The SMILES string of the molecule is Cc1nc(-c2nnn(C)c2COc2cc(C3CC3)ncn2)ccc1O[C@H]1CCC[C@H](C(=O)O)C1. The number of pyridine rings is 1. The van der Waals surface area contributed by atoms with E-state index >= 15 is 0 Å². The number of carboxylic acids is 1. The van der Waals surface area contributed by atoms with Crippen molar-refractivity contribution in [3.05, 3.63) is 41.6 Å². The molecule has 3 heterocycles. The summed E-state index contributed by atoms with van der Waals surface area (Å²) < 4.78 is 13.7. The van der Waals surface area contributed by atoms with Crippen LogP contribution in [0.2, 0.25) is 0 Å². The topological polar surface area (TPSA) is 125 Å². The van der Waals surface area contributed by atoms with Crippen molar-refractivity contribution in [2.24, 2.45) is 13.0 Å². The Morgan fingerprint density at radius 3 is 2.82 bits per heavy atom. The maximum Gasteiger partial charge on any atom is 0.306 e. The number of ether oxygens (including phenoxy) is 2. The summed E-state index contributed by atoms with van der Waals surface area (Å²) in [7, 11) is 1.82. The van der Waals surface area contributed by atoms with Crippen LogP contribution in [0.25, 0.3) is 11.4 Å². The number of hydrogen-bond acceptors (Lipinski definition) is 8. The summed E-state index contributed by atoms with van der Waals surface area (Å²) in [5.41, 5.74) is 3.83. The molecule has 2 atom stereocenters. The molecule has 0 aliphatic heterocycles. The van der Waals surface area contributed by atoms with Gasteiger partial charge in [0.2, 0.25) is 5.88 Å². The normalized spacial score (nSPS) is 20.2. The highest BCUT2D eigenvalue weighted by molar-refractivity contribution is 5.70. The number of aliphatic carboxylic acids is 1. The van der Waals surface area contributed by atoms with Gasteiger partial charge in [0.1, 0.15) is 30.1 Å². The molecule has 0 bridgehead atoms. The Bertz CT molecular complexity index is 1190. The summed E-state index contributed by atoms with van der Waals surface area (Å²) in [5, 5.41) is 17.8. The summed E-state index contributed by atoms with van der Waals surface area (Å²) in [5.74, 6) is 0.625. The predicted molar refractivity (Wildman–Crippen MR) is 121 cm³/mol. The number of aromatic nitrogens is 6. The van der Waals surface area contributed by atoms with Crippen molar-refractivity contribution in [2.75, 3.05) is 0 Å². The van der Waals surface area contributed by atoms with Gasteiger partial charge in [0.15, 0.2) is 0 Å². The lowest BCUT2D eigenvalue weighted by molar-refractivity contribution is -0.143. The van der Waals surface area contributed by atoms with Crippen molar-refractivity contribution < 1.29 is 19.4 Å². The lowest BCUT2D eigenvalue weighted by atomic mass is 9.87. The second-order valence-electron chi connectivity index (χ2n) is 9.07. The number of hydrogen-bond donors (Lipinski definition) is 1. The first kappa shape index (κ1) is 22.2. The maximum absolute atomic E-state index is 11.3. The van der Waals surface area contributed by atoms with Gasteiger partial charge in [0, 0.05) is 19.0 Å². The molecule has 34 heavy (non-hydrogen) atoms. The Balaban J connectivity index is 1.29. The van der Waals surface area contributed by atoms with Gasteiger partial charge >= 0.3 is 5.97 Å². The molecule has 178 valence electrons. The summed E-state index contributed by atoms with van der Waals surface area (Å²) in [6, 6.07) is 5.62. The van der Waals surface area contributed by atoms with Crippen LogP contribution in [-0.2, 0) is 18.4 Å². The van der Waals surface area contributed by atoms with E-state index in [0.29, 0.717) is 41.8 Å². The standard InChI is InChI=1S/C24H28N6O4/c1-14-21(34-17-5-3-4-16(10-17)24(31)32)9-8-18(27-14)23-20(30(2)29-28-23)12-33-22-11-19(15-6-7-15)25-13-26-22/h8-9,11,13,15-17H,3-7,10,12H2,1-2H3,(H,31,32)/t16-,17-/m0/s1. The fraction of sp³-hybridized carbons (Fsp3) is 0.500. The molecule has 1 N–H and O–H groups in total. The molecule has 10 heteroatoms. The van der Waals surface area contributed by atoms with Crippen LogP contribution in [0.5, 0.6) is 11.6 Å². The summed E-state index contributed by atoms with van der Waals surface area (Å²) in [6.45, 7) is 2.13. The van der Waals surface area contributed by atoms with Gasteiger partial charge in [-0.3, -0.25) is 4.79 Å². The Morgan fingerprint density at radius 2 is 2.06 bits per heavy atom. The maximum atomic E-state index is 11.3. The number of carboxylic acid groups (broad SMARTS) is 1. The van der Waals surface area contributed by atoms with E-state index in [0.717, 1.165) is 42.8 Å². The molecule has 0 unspecified atom stereocenters. The van der Waals surface area contributed by atoms with Crippen molar-refractivity contribution in [3.8, 4) is 23.0 Å². The van der Waals surface area contributed by atoms with Crippen molar-refractivity contribution in [1.82, 2.24) is 29.9 Å². The third-order valence-corrected chi connectivity index (χ3v) is 6.51. The number of carbonyl (C=O) groups is 1. The monoisotopic (exact) mass is 464 g/mol. The quantitative estimate of drug-likeness (QED) is 0.533. The first-order valence-corrected chi connectivity index (χ1v) is 11.7. The molecule has 3 aromatic heterocycles. The van der Waals surface area contributed by atoms with Gasteiger partial charge in [-0.2, -0.15) is 0 Å². The number of nitrogens with zero attached hydrogens (tertiary/aromatic N) is 6. The van der Waals surface area contributed by atoms with E-state index in [1.807, 2.05) is 32.2 Å². The third kappa shape index (κ3) is 4.85. The molecular weight excluding hydrogens is 436 g/mol. The van der Waals surface area contributed by atoms with Crippen molar-refractivity contribution in [3.63, 3.8) is 0 Å². The van der Waals surface area contributed by atoms with Crippen molar-refractivity contribution in [1.29, 1.82) is 0 Å². The summed E-state index contributed by atoms with van der Waals surface area (Å²) >= 11 is 0. The predicted octanol–water partition coefficient (Wildman–Crippen LogP) is 3.45. The average Bonchev–Trinajstić information content (AvgIpc) is 3.62. The van der Waals surface area contributed by atoms with Crippen LogP contribution in [0.15, 0.2) is 24.5 Å². The van der Waals surface area contributed by atoms with Gasteiger partial charge in [-0.15, -0.1) is 5.10 Å². The first-order chi connectivity index (χ1) is 16.5. The molecule has 5 rings (SSSR count). The molecule has 3 aromatic rings. The van der Waals surface area contributed by atoms with Crippen LogP contribution in [0.3, 0.4) is 0 Å². The highest BCUT2D eigenvalue weighted by Gasteiger charge is 2.29. The Morgan fingerprint density at radius 1 is 1.21 bits per heavy atom. The Hall–Kier alpha value is -3.56. The number of aryl methyl sites for hydroxylation is 2. The zero-order valence-corrected chi connectivity index (χ0v) is 19.3. The van der Waals surface area contributed by atoms with Crippen LogP contribution < -0.4 is 9.47 Å². The van der Waals surface area contributed by atoms with E-state index in [4.69, 9.17) is 14.5 Å². The lowest BCUT2D eigenvalue weighted by Crippen LogP contribution is -2.29. The average molecular weight is 465 g/mol. The van der Waals surface area contributed by atoms with E-state index in [2.05, 4.69) is 20.3 Å². The molecule has 2 fully saturated rings. The van der Waals surface area contributed by atoms with Crippen LogP contribution in [-0.4, -0.2) is 47.1 Å². The van der Waals surface area contributed by atoms with Gasteiger partial charge in [-0.25, -0.2) is 19.6 Å². The van der Waals surface area contributed by atoms with Gasteiger partial charge in [0.25, 0.3) is 0 Å². The van der Waals surface area contributed by atoms with E-state index in [1.54, 1.807) is 11.0 Å². The van der Waals surface area contributed by atoms with Gasteiger partial charge < -0.3 is 14.6 Å². The molecule has 0 amide bonds. The summed E-state index contributed by atoms with van der Waals surface area (Å²) in [6.07, 6.45) is 6.68. The highest BCUT2D eigenvalue weighted by atomic mass is 16.5. The van der Waals surface area contributed by atoms with E-state index in [1.165, 1.54) is 0 Å². The van der Waals surface area contributed by atoms with Gasteiger partial charge in [-0.05, 0) is 57.6 Å².